The minimum Gasteiger partial charge on any atom is -0.508 e. The van der Waals surface area contributed by atoms with Crippen molar-refractivity contribution in [2.75, 3.05) is 0 Å². The van der Waals surface area contributed by atoms with E-state index in [1.165, 1.54) is 24.3 Å². The van der Waals surface area contributed by atoms with Crippen molar-refractivity contribution < 1.29 is 30.3 Å². The molecule has 0 fully saturated rings. The van der Waals surface area contributed by atoms with Gasteiger partial charge < -0.3 is 30.3 Å². The smallest absolute Gasteiger partial charge is 0.165 e. The van der Waals surface area contributed by atoms with Crippen molar-refractivity contribution in [1.82, 2.24) is 0 Å². The van der Waals surface area contributed by atoms with Crippen LogP contribution in [0.5, 0.6) is 28.7 Å². The van der Waals surface area contributed by atoms with Gasteiger partial charge in [-0.1, -0.05) is 26.8 Å². The third-order valence-corrected chi connectivity index (χ3v) is 4.83. The zero-order valence-corrected chi connectivity index (χ0v) is 14.3. The standard InChI is InChI=1S/C19H22O6/c1-18(2,3)19(10-4-5-13(21)15(23)6-10)17(24)9-12-14(22)7-11(20)8-16(12)25-19/h4-8,17,20-24H,9H2,1-3H3. The van der Waals surface area contributed by atoms with Gasteiger partial charge in [0.05, 0.1) is 0 Å². The van der Waals surface area contributed by atoms with Crippen LogP contribution in [0, 0.1) is 5.41 Å². The van der Waals surface area contributed by atoms with Gasteiger partial charge in [-0.2, -0.15) is 0 Å². The molecule has 0 saturated heterocycles. The summed E-state index contributed by atoms with van der Waals surface area (Å²) in [5.74, 6) is -0.616. The summed E-state index contributed by atoms with van der Waals surface area (Å²) in [5, 5.41) is 50.3. The molecule has 6 nitrogen and oxygen atoms in total. The van der Waals surface area contributed by atoms with Gasteiger partial charge in [-0.3, -0.25) is 0 Å². The van der Waals surface area contributed by atoms with Crippen molar-refractivity contribution in [3.8, 4) is 28.7 Å². The van der Waals surface area contributed by atoms with Gasteiger partial charge in [0, 0.05) is 35.1 Å². The lowest BCUT2D eigenvalue weighted by molar-refractivity contribution is -0.139. The molecule has 134 valence electrons. The Balaban J connectivity index is 2.24. The Kier molecular flexibility index (Phi) is 3.76. The van der Waals surface area contributed by atoms with Crippen LogP contribution in [0.15, 0.2) is 30.3 Å². The van der Waals surface area contributed by atoms with Gasteiger partial charge in [0.1, 0.15) is 23.4 Å². The number of ether oxygens (including phenoxy) is 1. The molecule has 1 aliphatic rings. The number of phenolic OH excluding ortho intramolecular Hbond substituents is 4. The van der Waals surface area contributed by atoms with Crippen LogP contribution in [0.25, 0.3) is 0 Å². The number of benzene rings is 2. The van der Waals surface area contributed by atoms with Gasteiger partial charge in [0.25, 0.3) is 0 Å². The van der Waals surface area contributed by atoms with Gasteiger partial charge in [-0.15, -0.1) is 0 Å². The molecule has 0 saturated carbocycles. The molecule has 1 aliphatic heterocycles. The van der Waals surface area contributed by atoms with Crippen LogP contribution >= 0.6 is 0 Å². The van der Waals surface area contributed by atoms with Crippen LogP contribution in [-0.4, -0.2) is 31.6 Å². The van der Waals surface area contributed by atoms with Crippen molar-refractivity contribution in [3.63, 3.8) is 0 Å². The third kappa shape index (κ3) is 2.53. The summed E-state index contributed by atoms with van der Waals surface area (Å²) < 4.78 is 6.18. The summed E-state index contributed by atoms with van der Waals surface area (Å²) in [5.41, 5.74) is -0.982. The fraction of sp³-hybridized carbons (Fsp3) is 0.368. The Bertz CT molecular complexity index is 823. The normalized spacial score (nSPS) is 23.0. The van der Waals surface area contributed by atoms with Crippen molar-refractivity contribution in [2.45, 2.75) is 38.9 Å². The maximum absolute atomic E-state index is 11.0. The Morgan fingerprint density at radius 1 is 0.960 bits per heavy atom. The first-order valence-corrected chi connectivity index (χ1v) is 8.00. The van der Waals surface area contributed by atoms with Gasteiger partial charge in [-0.25, -0.2) is 0 Å². The van der Waals surface area contributed by atoms with E-state index in [0.29, 0.717) is 11.1 Å². The van der Waals surface area contributed by atoms with Gasteiger partial charge in [0.2, 0.25) is 0 Å². The Labute approximate surface area is 145 Å². The highest BCUT2D eigenvalue weighted by Crippen LogP contribution is 2.53. The van der Waals surface area contributed by atoms with Gasteiger partial charge in [0.15, 0.2) is 17.1 Å². The molecule has 2 aromatic carbocycles. The third-order valence-electron chi connectivity index (χ3n) is 4.83. The van der Waals surface area contributed by atoms with Crippen LogP contribution in [0.3, 0.4) is 0 Å². The van der Waals surface area contributed by atoms with Crippen molar-refractivity contribution >= 4 is 0 Å². The topological polar surface area (TPSA) is 110 Å². The minimum absolute atomic E-state index is 0.111. The van der Waals surface area contributed by atoms with Crippen LogP contribution in [0.4, 0.5) is 0 Å². The molecule has 2 unspecified atom stereocenters. The van der Waals surface area contributed by atoms with Crippen molar-refractivity contribution in [3.05, 3.63) is 41.5 Å². The number of phenols is 4. The molecule has 3 rings (SSSR count). The zero-order valence-electron chi connectivity index (χ0n) is 14.3. The van der Waals surface area contributed by atoms with E-state index in [4.69, 9.17) is 4.74 Å². The first-order chi connectivity index (χ1) is 11.6. The van der Waals surface area contributed by atoms with Crippen molar-refractivity contribution in [1.29, 1.82) is 0 Å². The molecule has 2 atom stereocenters. The van der Waals surface area contributed by atoms with Crippen LogP contribution in [-0.2, 0) is 12.0 Å². The van der Waals surface area contributed by atoms with E-state index in [2.05, 4.69) is 0 Å². The first kappa shape index (κ1) is 17.2. The molecule has 2 aromatic rings. The van der Waals surface area contributed by atoms with Crippen LogP contribution in [0.2, 0.25) is 0 Å². The highest BCUT2D eigenvalue weighted by molar-refractivity contribution is 5.53. The maximum Gasteiger partial charge on any atom is 0.165 e. The average Bonchev–Trinajstić information content (AvgIpc) is 2.49. The van der Waals surface area contributed by atoms with E-state index in [-0.39, 0.29) is 35.2 Å². The molecule has 0 aromatic heterocycles. The monoisotopic (exact) mass is 346 g/mol. The zero-order chi connectivity index (χ0) is 18.6. The van der Waals surface area contributed by atoms with E-state index in [1.54, 1.807) is 6.07 Å². The lowest BCUT2D eigenvalue weighted by Gasteiger charge is -2.50. The molecule has 0 amide bonds. The fourth-order valence-electron chi connectivity index (χ4n) is 3.58. The second-order valence-electron chi connectivity index (χ2n) is 7.45. The lowest BCUT2D eigenvalue weighted by atomic mass is 9.66. The molecule has 1 heterocycles. The number of aliphatic hydroxyl groups excluding tert-OH is 1. The number of hydrogen-bond donors (Lipinski definition) is 5. The van der Waals surface area contributed by atoms with E-state index in [0.717, 1.165) is 0 Å². The molecular weight excluding hydrogens is 324 g/mol. The lowest BCUT2D eigenvalue weighted by Crippen LogP contribution is -2.57. The van der Waals surface area contributed by atoms with Gasteiger partial charge >= 0.3 is 0 Å². The predicted octanol–water partition coefficient (Wildman–Crippen LogP) is 2.75. The largest absolute Gasteiger partial charge is 0.508 e. The van der Waals surface area contributed by atoms with E-state index in [1.807, 2.05) is 20.8 Å². The highest BCUT2D eigenvalue weighted by Gasteiger charge is 2.54. The first-order valence-electron chi connectivity index (χ1n) is 8.00. The SMILES string of the molecule is CC(C)(C)C1(c2ccc(O)c(O)c2)Oc2cc(O)cc(O)c2CC1O. The van der Waals surface area contributed by atoms with Crippen molar-refractivity contribution in [2.24, 2.45) is 5.41 Å². The summed E-state index contributed by atoms with van der Waals surface area (Å²) in [6, 6.07) is 6.87. The quantitative estimate of drug-likeness (QED) is 0.508. The number of fused-ring (bicyclic) bond motifs is 1. The summed E-state index contributed by atoms with van der Waals surface area (Å²) in [6.45, 7) is 5.65. The van der Waals surface area contributed by atoms with E-state index < -0.39 is 17.1 Å². The molecule has 0 bridgehead atoms. The predicted molar refractivity (Wildman–Crippen MR) is 91.0 cm³/mol. The van der Waals surface area contributed by atoms with Crippen LogP contribution < -0.4 is 4.74 Å². The Morgan fingerprint density at radius 3 is 2.24 bits per heavy atom. The summed E-state index contributed by atoms with van der Waals surface area (Å²) in [4.78, 5) is 0. The number of aromatic hydroxyl groups is 4. The second-order valence-corrected chi connectivity index (χ2v) is 7.45. The molecule has 5 N–H and O–H groups in total. The van der Waals surface area contributed by atoms with E-state index >= 15 is 0 Å². The fourth-order valence-corrected chi connectivity index (χ4v) is 3.58. The molecular formula is C19H22O6. The molecule has 0 spiro atoms. The molecule has 25 heavy (non-hydrogen) atoms. The van der Waals surface area contributed by atoms with Crippen LogP contribution in [0.1, 0.15) is 31.9 Å². The minimum atomic E-state index is -1.26. The van der Waals surface area contributed by atoms with Gasteiger partial charge in [-0.05, 0) is 12.1 Å². The molecule has 0 radical (unpaired) electrons. The number of hydrogen-bond acceptors (Lipinski definition) is 6. The highest BCUT2D eigenvalue weighted by atomic mass is 16.5. The molecule has 0 aliphatic carbocycles. The Morgan fingerprint density at radius 2 is 1.64 bits per heavy atom. The van der Waals surface area contributed by atoms with E-state index in [9.17, 15) is 25.5 Å². The molecule has 6 heteroatoms. The Hall–Kier alpha value is -2.60. The number of aliphatic hydroxyl groups is 1. The summed E-state index contributed by atoms with van der Waals surface area (Å²) in [7, 11) is 0. The number of rotatable bonds is 1. The summed E-state index contributed by atoms with van der Waals surface area (Å²) >= 11 is 0. The maximum atomic E-state index is 11.0. The average molecular weight is 346 g/mol. The summed E-state index contributed by atoms with van der Waals surface area (Å²) in [6.07, 6.45) is -0.917. The second kappa shape index (κ2) is 5.46.